The molecule has 1 aromatic heterocycles. The van der Waals surface area contributed by atoms with E-state index in [1.807, 2.05) is 25.1 Å². The number of rotatable bonds is 3. The van der Waals surface area contributed by atoms with Crippen molar-refractivity contribution in [2.24, 2.45) is 0 Å². The molecule has 4 heteroatoms. The fraction of sp³-hybridized carbons (Fsp3) is 0.231. The van der Waals surface area contributed by atoms with Crippen molar-refractivity contribution >= 4 is 15.9 Å². The maximum absolute atomic E-state index is 10.1. The Kier molecular flexibility index (Phi) is 3.54. The molecule has 0 saturated carbocycles. The number of hydrogen-bond donors (Lipinski definition) is 1. The van der Waals surface area contributed by atoms with Crippen LogP contribution in [-0.4, -0.2) is 12.2 Å². The van der Waals surface area contributed by atoms with Crippen LogP contribution in [0.4, 0.5) is 0 Å². The van der Waals surface area contributed by atoms with Gasteiger partial charge in [0.25, 0.3) is 0 Å². The first-order valence-electron chi connectivity index (χ1n) is 5.19. The Hall–Kier alpha value is -1.26. The summed E-state index contributed by atoms with van der Waals surface area (Å²) in [5.74, 6) is 2.06. The largest absolute Gasteiger partial charge is 0.496 e. The summed E-state index contributed by atoms with van der Waals surface area (Å²) in [4.78, 5) is 0. The lowest BCUT2D eigenvalue weighted by atomic mass is 10.1. The summed E-state index contributed by atoms with van der Waals surface area (Å²) >= 11 is 3.39. The van der Waals surface area contributed by atoms with Gasteiger partial charge < -0.3 is 14.3 Å². The molecule has 3 nitrogen and oxygen atoms in total. The van der Waals surface area contributed by atoms with Gasteiger partial charge in [-0.1, -0.05) is 6.07 Å². The minimum Gasteiger partial charge on any atom is -0.496 e. The van der Waals surface area contributed by atoms with Crippen LogP contribution in [0.2, 0.25) is 0 Å². The van der Waals surface area contributed by atoms with E-state index in [9.17, 15) is 5.11 Å². The van der Waals surface area contributed by atoms with E-state index in [1.165, 1.54) is 0 Å². The number of aliphatic hydroxyl groups excluding tert-OH is 1. The molecule has 0 amide bonds. The average Bonchev–Trinajstić information content (AvgIpc) is 2.75. The smallest absolute Gasteiger partial charge is 0.137 e. The molecule has 2 rings (SSSR count). The van der Waals surface area contributed by atoms with Gasteiger partial charge in [-0.25, -0.2) is 0 Å². The molecule has 1 heterocycles. The van der Waals surface area contributed by atoms with Crippen molar-refractivity contribution in [1.29, 1.82) is 0 Å². The molecule has 1 aromatic carbocycles. The SMILES string of the molecule is COc1ccc(C(O)c2ccc(C)o2)cc1Br. The summed E-state index contributed by atoms with van der Waals surface area (Å²) < 4.78 is 11.3. The molecular formula is C13H13BrO3. The lowest BCUT2D eigenvalue weighted by Crippen LogP contribution is -1.98. The van der Waals surface area contributed by atoms with Gasteiger partial charge in [0.1, 0.15) is 23.4 Å². The van der Waals surface area contributed by atoms with Crippen LogP contribution in [-0.2, 0) is 0 Å². The van der Waals surface area contributed by atoms with Crippen molar-refractivity contribution in [2.75, 3.05) is 7.11 Å². The van der Waals surface area contributed by atoms with Crippen LogP contribution in [0.3, 0.4) is 0 Å². The highest BCUT2D eigenvalue weighted by Crippen LogP contribution is 2.31. The molecule has 0 aliphatic heterocycles. The van der Waals surface area contributed by atoms with E-state index >= 15 is 0 Å². The van der Waals surface area contributed by atoms with Crippen LogP contribution in [0.15, 0.2) is 39.2 Å². The van der Waals surface area contributed by atoms with Gasteiger partial charge >= 0.3 is 0 Å². The molecule has 0 spiro atoms. The predicted molar refractivity (Wildman–Crippen MR) is 68.2 cm³/mol. The zero-order valence-electron chi connectivity index (χ0n) is 9.61. The monoisotopic (exact) mass is 296 g/mol. The third kappa shape index (κ3) is 2.53. The maximum Gasteiger partial charge on any atom is 0.137 e. The van der Waals surface area contributed by atoms with Gasteiger partial charge in [-0.05, 0) is 52.7 Å². The molecule has 0 aliphatic rings. The lowest BCUT2D eigenvalue weighted by Gasteiger charge is -2.10. The first-order valence-corrected chi connectivity index (χ1v) is 5.99. The van der Waals surface area contributed by atoms with Gasteiger partial charge in [-0.3, -0.25) is 0 Å². The van der Waals surface area contributed by atoms with Gasteiger partial charge in [0.05, 0.1) is 11.6 Å². The third-order valence-electron chi connectivity index (χ3n) is 2.52. The summed E-state index contributed by atoms with van der Waals surface area (Å²) in [6.45, 7) is 1.85. The Morgan fingerprint density at radius 1 is 1.29 bits per heavy atom. The second kappa shape index (κ2) is 4.94. The highest BCUT2D eigenvalue weighted by molar-refractivity contribution is 9.10. The van der Waals surface area contributed by atoms with E-state index in [0.717, 1.165) is 21.5 Å². The molecule has 0 aliphatic carbocycles. The van der Waals surface area contributed by atoms with Gasteiger partial charge in [0.2, 0.25) is 0 Å². The zero-order valence-corrected chi connectivity index (χ0v) is 11.2. The normalized spacial score (nSPS) is 12.5. The Bertz CT molecular complexity index is 519. The average molecular weight is 297 g/mol. The maximum atomic E-state index is 10.1. The standard InChI is InChI=1S/C13H13BrO3/c1-8-3-5-12(17-8)13(15)9-4-6-11(16-2)10(14)7-9/h3-7,13,15H,1-2H3. The molecule has 1 unspecified atom stereocenters. The Balaban J connectivity index is 2.31. The second-order valence-electron chi connectivity index (χ2n) is 3.74. The number of halogens is 1. The fourth-order valence-electron chi connectivity index (χ4n) is 1.62. The van der Waals surface area contributed by atoms with Crippen molar-refractivity contribution in [3.8, 4) is 5.75 Å². The molecule has 0 bridgehead atoms. The van der Waals surface area contributed by atoms with E-state index in [4.69, 9.17) is 9.15 Å². The van der Waals surface area contributed by atoms with Crippen LogP contribution in [0.5, 0.6) is 5.75 Å². The van der Waals surface area contributed by atoms with Crippen LogP contribution in [0.25, 0.3) is 0 Å². The number of hydrogen-bond acceptors (Lipinski definition) is 3. The number of benzene rings is 1. The minimum atomic E-state index is -0.758. The Morgan fingerprint density at radius 2 is 2.06 bits per heavy atom. The topological polar surface area (TPSA) is 42.6 Å². The van der Waals surface area contributed by atoms with E-state index in [-0.39, 0.29) is 0 Å². The van der Waals surface area contributed by atoms with Crippen molar-refractivity contribution in [3.05, 3.63) is 51.9 Å². The minimum absolute atomic E-state index is 0.541. The molecule has 90 valence electrons. The summed E-state index contributed by atoms with van der Waals surface area (Å²) in [5, 5.41) is 10.1. The number of aliphatic hydroxyl groups is 1. The highest BCUT2D eigenvalue weighted by Gasteiger charge is 2.15. The van der Waals surface area contributed by atoms with Crippen LogP contribution < -0.4 is 4.74 Å². The summed E-state index contributed by atoms with van der Waals surface area (Å²) in [7, 11) is 1.60. The molecule has 2 aromatic rings. The van der Waals surface area contributed by atoms with Gasteiger partial charge in [0, 0.05) is 0 Å². The first kappa shape index (κ1) is 12.2. The zero-order chi connectivity index (χ0) is 12.4. The highest BCUT2D eigenvalue weighted by atomic mass is 79.9. The molecule has 17 heavy (non-hydrogen) atoms. The lowest BCUT2D eigenvalue weighted by molar-refractivity contribution is 0.187. The van der Waals surface area contributed by atoms with Gasteiger partial charge in [0.15, 0.2) is 0 Å². The summed E-state index contributed by atoms with van der Waals surface area (Å²) in [6.07, 6.45) is -0.758. The number of aryl methyl sites for hydroxylation is 1. The van der Waals surface area contributed by atoms with Crippen LogP contribution in [0, 0.1) is 6.92 Å². The van der Waals surface area contributed by atoms with Gasteiger partial charge in [-0.2, -0.15) is 0 Å². The van der Waals surface area contributed by atoms with E-state index < -0.39 is 6.10 Å². The van der Waals surface area contributed by atoms with E-state index in [0.29, 0.717) is 5.76 Å². The van der Waals surface area contributed by atoms with Crippen molar-refractivity contribution in [1.82, 2.24) is 0 Å². The number of ether oxygens (including phenoxy) is 1. The van der Waals surface area contributed by atoms with Crippen molar-refractivity contribution in [2.45, 2.75) is 13.0 Å². The number of methoxy groups -OCH3 is 1. The molecular weight excluding hydrogens is 284 g/mol. The molecule has 1 N–H and O–H groups in total. The summed E-state index contributed by atoms with van der Waals surface area (Å²) in [5.41, 5.74) is 0.757. The Labute approximate surface area is 108 Å². The summed E-state index contributed by atoms with van der Waals surface area (Å²) in [6, 6.07) is 9.04. The van der Waals surface area contributed by atoms with Gasteiger partial charge in [-0.15, -0.1) is 0 Å². The third-order valence-corrected chi connectivity index (χ3v) is 3.14. The number of furan rings is 1. The van der Waals surface area contributed by atoms with Crippen LogP contribution in [0.1, 0.15) is 23.2 Å². The quantitative estimate of drug-likeness (QED) is 0.943. The molecule has 0 saturated heterocycles. The van der Waals surface area contributed by atoms with Crippen LogP contribution >= 0.6 is 15.9 Å². The van der Waals surface area contributed by atoms with E-state index in [2.05, 4.69) is 15.9 Å². The molecule has 1 atom stereocenters. The molecule has 0 fully saturated rings. The molecule has 0 radical (unpaired) electrons. The van der Waals surface area contributed by atoms with E-state index in [1.54, 1.807) is 19.2 Å². The Morgan fingerprint density at radius 3 is 2.59 bits per heavy atom. The fourth-order valence-corrected chi connectivity index (χ4v) is 2.18. The van der Waals surface area contributed by atoms with Crippen molar-refractivity contribution in [3.63, 3.8) is 0 Å². The predicted octanol–water partition coefficient (Wildman–Crippen LogP) is 3.44. The first-order chi connectivity index (χ1) is 8.11. The van der Waals surface area contributed by atoms with Crippen molar-refractivity contribution < 1.29 is 14.3 Å². The second-order valence-corrected chi connectivity index (χ2v) is 4.60.